The van der Waals surface area contributed by atoms with Crippen LogP contribution in [0.3, 0.4) is 0 Å². The number of nitrogens with one attached hydrogen (secondary N) is 2. The number of nitrogens with zero attached hydrogens (tertiary/aromatic N) is 1. The van der Waals surface area contributed by atoms with E-state index in [0.29, 0.717) is 18.9 Å². The first-order valence-electron chi connectivity index (χ1n) is 8.00. The summed E-state index contributed by atoms with van der Waals surface area (Å²) in [4.78, 5) is 14.5. The van der Waals surface area contributed by atoms with E-state index in [-0.39, 0.29) is 10.8 Å². The smallest absolute Gasteiger partial charge is 0.240 e. The molecule has 0 aliphatic carbocycles. The Morgan fingerprint density at radius 1 is 1.35 bits per heavy atom. The summed E-state index contributed by atoms with van der Waals surface area (Å²) in [6.07, 6.45) is 2.10. The molecule has 0 saturated carbocycles. The van der Waals surface area contributed by atoms with Gasteiger partial charge in [-0.25, -0.2) is 13.1 Å². The zero-order valence-corrected chi connectivity index (χ0v) is 14.5. The van der Waals surface area contributed by atoms with Gasteiger partial charge in [0.15, 0.2) is 0 Å². The fourth-order valence-electron chi connectivity index (χ4n) is 2.69. The van der Waals surface area contributed by atoms with Gasteiger partial charge in [-0.15, -0.1) is 0 Å². The Hall–Kier alpha value is -1.44. The largest absolute Gasteiger partial charge is 0.340 e. The van der Waals surface area contributed by atoms with Gasteiger partial charge in [-0.1, -0.05) is 19.1 Å². The monoisotopic (exact) mass is 339 g/mol. The van der Waals surface area contributed by atoms with Gasteiger partial charge < -0.3 is 10.2 Å². The summed E-state index contributed by atoms with van der Waals surface area (Å²) in [5.74, 6) is 0.164. The van der Waals surface area contributed by atoms with Crippen molar-refractivity contribution >= 4 is 15.9 Å². The Kier molecular flexibility index (Phi) is 6.15. The summed E-state index contributed by atoms with van der Waals surface area (Å²) in [5.41, 5.74) is 0.968. The molecule has 1 saturated heterocycles. The topological polar surface area (TPSA) is 78.5 Å². The fraction of sp³-hybridized carbons (Fsp3) is 0.562. The molecule has 23 heavy (non-hydrogen) atoms. The van der Waals surface area contributed by atoms with E-state index in [2.05, 4.69) is 17.0 Å². The molecule has 1 aromatic carbocycles. The molecule has 2 N–H and O–H groups in total. The molecule has 0 spiro atoms. The second-order valence-electron chi connectivity index (χ2n) is 5.75. The maximum Gasteiger partial charge on any atom is 0.240 e. The first-order valence-corrected chi connectivity index (χ1v) is 9.48. The molecule has 0 aromatic heterocycles. The average molecular weight is 339 g/mol. The summed E-state index contributed by atoms with van der Waals surface area (Å²) in [5, 5.41) is 3.40. The van der Waals surface area contributed by atoms with Gasteiger partial charge in [0.25, 0.3) is 0 Å². The van der Waals surface area contributed by atoms with Crippen LogP contribution in [0.2, 0.25) is 0 Å². The van der Waals surface area contributed by atoms with Crippen LogP contribution in [0.25, 0.3) is 0 Å². The van der Waals surface area contributed by atoms with E-state index in [0.717, 1.165) is 31.6 Å². The minimum atomic E-state index is -3.40. The Labute approximate surface area is 138 Å². The molecule has 1 atom stereocenters. The molecule has 1 amide bonds. The lowest BCUT2D eigenvalue weighted by Gasteiger charge is -2.33. The number of piperazine rings is 1. The molecular formula is C16H25N3O3S. The molecule has 0 radical (unpaired) electrons. The molecule has 0 unspecified atom stereocenters. The highest BCUT2D eigenvalue weighted by Gasteiger charge is 2.21. The van der Waals surface area contributed by atoms with E-state index in [1.54, 1.807) is 24.3 Å². The second kappa shape index (κ2) is 7.90. The van der Waals surface area contributed by atoms with Crippen LogP contribution in [0.15, 0.2) is 29.2 Å². The van der Waals surface area contributed by atoms with E-state index < -0.39 is 10.0 Å². The number of hydrogen-bond acceptors (Lipinski definition) is 4. The van der Waals surface area contributed by atoms with Crippen molar-refractivity contribution in [1.29, 1.82) is 0 Å². The van der Waals surface area contributed by atoms with E-state index in [1.807, 2.05) is 4.90 Å². The maximum absolute atomic E-state index is 12.3. The van der Waals surface area contributed by atoms with Crippen LogP contribution in [-0.2, 0) is 21.2 Å². The zero-order valence-electron chi connectivity index (χ0n) is 13.7. The summed E-state index contributed by atoms with van der Waals surface area (Å²) in [7, 11) is -2.02. The Bertz CT molecular complexity index is 628. The molecule has 1 aliphatic heterocycles. The third-order valence-electron chi connectivity index (χ3n) is 4.23. The number of benzene rings is 1. The van der Waals surface area contributed by atoms with E-state index in [9.17, 15) is 13.2 Å². The van der Waals surface area contributed by atoms with Crippen LogP contribution in [0.1, 0.15) is 25.3 Å². The summed E-state index contributed by atoms with van der Waals surface area (Å²) in [6, 6.07) is 7.07. The highest BCUT2D eigenvalue weighted by Crippen LogP contribution is 2.13. The first-order chi connectivity index (χ1) is 11.0. The number of aryl methyl sites for hydroxylation is 1. The minimum Gasteiger partial charge on any atom is -0.340 e. The molecule has 1 aromatic rings. The van der Waals surface area contributed by atoms with E-state index in [4.69, 9.17) is 0 Å². The van der Waals surface area contributed by atoms with Crippen molar-refractivity contribution in [3.05, 3.63) is 29.8 Å². The Morgan fingerprint density at radius 3 is 2.65 bits per heavy atom. The van der Waals surface area contributed by atoms with Crippen molar-refractivity contribution in [2.24, 2.45) is 0 Å². The van der Waals surface area contributed by atoms with Gasteiger partial charge in [0.1, 0.15) is 0 Å². The number of carbonyl (C=O) groups excluding carboxylic acids is 1. The van der Waals surface area contributed by atoms with Crippen molar-refractivity contribution in [1.82, 2.24) is 14.9 Å². The van der Waals surface area contributed by atoms with Gasteiger partial charge in [-0.05, 0) is 37.6 Å². The molecule has 2 rings (SSSR count). The van der Waals surface area contributed by atoms with Crippen molar-refractivity contribution in [2.75, 3.05) is 26.7 Å². The van der Waals surface area contributed by atoms with Crippen LogP contribution in [0.5, 0.6) is 0 Å². The fourth-order valence-corrected chi connectivity index (χ4v) is 3.42. The standard InChI is InChI=1S/C16H25N3O3S/c1-3-14-12-19(11-10-18-14)16(20)9-6-13-4-7-15(8-5-13)23(21,22)17-2/h4-5,7-8,14,17-18H,3,6,9-12H2,1-2H3/t14-/m1/s1. The quantitative estimate of drug-likeness (QED) is 0.801. The minimum absolute atomic E-state index is 0.164. The van der Waals surface area contributed by atoms with Gasteiger partial charge in [0, 0.05) is 32.1 Å². The van der Waals surface area contributed by atoms with Crippen LogP contribution < -0.4 is 10.0 Å². The van der Waals surface area contributed by atoms with Crippen LogP contribution >= 0.6 is 0 Å². The van der Waals surface area contributed by atoms with Crippen LogP contribution in [-0.4, -0.2) is 51.9 Å². The lowest BCUT2D eigenvalue weighted by atomic mass is 10.1. The molecule has 7 heteroatoms. The predicted octanol–water partition coefficient (Wildman–Crippen LogP) is 0.738. The molecule has 0 bridgehead atoms. The molecule has 1 aliphatic rings. The third kappa shape index (κ3) is 4.76. The number of rotatable bonds is 6. The summed E-state index contributed by atoms with van der Waals surface area (Å²) in [6.45, 7) is 4.50. The van der Waals surface area contributed by atoms with Gasteiger partial charge in [-0.2, -0.15) is 0 Å². The number of amides is 1. The average Bonchev–Trinajstić information content (AvgIpc) is 2.60. The molecule has 1 fully saturated rings. The Balaban J connectivity index is 1.89. The first kappa shape index (κ1) is 17.9. The number of sulfonamides is 1. The number of hydrogen-bond donors (Lipinski definition) is 2. The third-order valence-corrected chi connectivity index (χ3v) is 5.66. The highest BCUT2D eigenvalue weighted by atomic mass is 32.2. The molecular weight excluding hydrogens is 314 g/mol. The lowest BCUT2D eigenvalue weighted by Crippen LogP contribution is -2.52. The van der Waals surface area contributed by atoms with Crippen molar-refractivity contribution < 1.29 is 13.2 Å². The van der Waals surface area contributed by atoms with E-state index in [1.165, 1.54) is 7.05 Å². The summed E-state index contributed by atoms with van der Waals surface area (Å²) < 4.78 is 25.6. The van der Waals surface area contributed by atoms with Crippen molar-refractivity contribution in [2.45, 2.75) is 37.1 Å². The van der Waals surface area contributed by atoms with Gasteiger partial charge in [0.05, 0.1) is 4.90 Å². The van der Waals surface area contributed by atoms with Gasteiger partial charge >= 0.3 is 0 Å². The van der Waals surface area contributed by atoms with E-state index >= 15 is 0 Å². The van der Waals surface area contributed by atoms with Gasteiger partial charge in [-0.3, -0.25) is 4.79 Å². The highest BCUT2D eigenvalue weighted by molar-refractivity contribution is 7.89. The van der Waals surface area contributed by atoms with Crippen molar-refractivity contribution in [3.63, 3.8) is 0 Å². The molecule has 6 nitrogen and oxygen atoms in total. The normalized spacial score (nSPS) is 18.9. The molecule has 1 heterocycles. The number of carbonyl (C=O) groups is 1. The SMILES string of the molecule is CC[C@@H]1CN(C(=O)CCc2ccc(S(=O)(=O)NC)cc2)CCN1. The van der Waals surface area contributed by atoms with Crippen LogP contribution in [0, 0.1) is 0 Å². The Morgan fingerprint density at radius 2 is 2.04 bits per heavy atom. The maximum atomic E-state index is 12.3. The zero-order chi connectivity index (χ0) is 16.9. The van der Waals surface area contributed by atoms with Crippen molar-refractivity contribution in [3.8, 4) is 0 Å². The summed E-state index contributed by atoms with van der Waals surface area (Å²) >= 11 is 0. The second-order valence-corrected chi connectivity index (χ2v) is 7.64. The lowest BCUT2D eigenvalue weighted by molar-refractivity contribution is -0.132. The molecule has 128 valence electrons. The van der Waals surface area contributed by atoms with Crippen LogP contribution in [0.4, 0.5) is 0 Å². The van der Waals surface area contributed by atoms with Gasteiger partial charge in [0.2, 0.25) is 15.9 Å². The predicted molar refractivity (Wildman–Crippen MR) is 89.7 cm³/mol.